The molecule has 2 heteroatoms. The molecule has 0 N–H and O–H groups in total. The Morgan fingerprint density at radius 2 is 0.685 bits per heavy atom. The minimum absolute atomic E-state index is 0.893. The predicted molar refractivity (Wildman–Crippen MR) is 228 cm³/mol. The highest BCUT2D eigenvalue weighted by molar-refractivity contribution is 6.22. The summed E-state index contributed by atoms with van der Waals surface area (Å²) in [5, 5.41) is 4.71. The molecule has 0 radical (unpaired) electrons. The van der Waals surface area contributed by atoms with E-state index in [1.165, 1.54) is 44.2 Å². The summed E-state index contributed by atoms with van der Waals surface area (Å²) < 4.78 is 6.53. The van der Waals surface area contributed by atoms with Gasteiger partial charge < -0.3 is 9.32 Å². The zero-order valence-corrected chi connectivity index (χ0v) is 29.6. The first kappa shape index (κ1) is 31.6. The van der Waals surface area contributed by atoms with Gasteiger partial charge in [0.05, 0.1) is 0 Å². The summed E-state index contributed by atoms with van der Waals surface area (Å²) >= 11 is 0. The van der Waals surface area contributed by atoms with E-state index in [1.54, 1.807) is 0 Å². The highest BCUT2D eigenvalue weighted by atomic mass is 16.3. The van der Waals surface area contributed by atoms with Gasteiger partial charge in [-0.25, -0.2) is 0 Å². The van der Waals surface area contributed by atoms with Gasteiger partial charge >= 0.3 is 0 Å². The molecule has 54 heavy (non-hydrogen) atoms. The van der Waals surface area contributed by atoms with Gasteiger partial charge in [-0.2, -0.15) is 0 Å². The van der Waals surface area contributed by atoms with E-state index in [4.69, 9.17) is 4.42 Å². The van der Waals surface area contributed by atoms with Gasteiger partial charge in [-0.05, 0) is 110 Å². The molecule has 0 spiro atoms. The van der Waals surface area contributed by atoms with Crippen molar-refractivity contribution in [3.05, 3.63) is 212 Å². The Labute approximate surface area is 314 Å². The number of benzene rings is 9. The summed E-state index contributed by atoms with van der Waals surface area (Å²) in [7, 11) is 0. The van der Waals surface area contributed by atoms with Crippen LogP contribution >= 0.6 is 0 Å². The second-order valence-corrected chi connectivity index (χ2v) is 13.7. The third-order valence-corrected chi connectivity index (χ3v) is 10.5. The molecule has 0 aliphatic rings. The number of anilines is 3. The Kier molecular flexibility index (Phi) is 7.85. The van der Waals surface area contributed by atoms with Gasteiger partial charge in [0, 0.05) is 27.8 Å². The number of hydrogen-bond donors (Lipinski definition) is 0. The maximum absolute atomic E-state index is 6.53. The van der Waals surface area contributed by atoms with Gasteiger partial charge in [0.2, 0.25) is 0 Å². The van der Waals surface area contributed by atoms with Crippen LogP contribution in [-0.2, 0) is 0 Å². The van der Waals surface area contributed by atoms with E-state index < -0.39 is 0 Å². The molecular formula is C52H35NO. The second kappa shape index (κ2) is 13.4. The molecular weight excluding hydrogens is 655 g/mol. The van der Waals surface area contributed by atoms with Crippen LogP contribution in [0.5, 0.6) is 0 Å². The maximum atomic E-state index is 6.53. The van der Waals surface area contributed by atoms with Crippen LogP contribution in [0.25, 0.3) is 77.2 Å². The Morgan fingerprint density at radius 1 is 0.278 bits per heavy atom. The molecule has 0 unspecified atom stereocenters. The van der Waals surface area contributed by atoms with Crippen LogP contribution in [-0.4, -0.2) is 0 Å². The topological polar surface area (TPSA) is 16.4 Å². The number of fused-ring (bicyclic) bond motifs is 5. The van der Waals surface area contributed by atoms with Crippen molar-refractivity contribution in [2.24, 2.45) is 0 Å². The minimum atomic E-state index is 0.893. The number of rotatable bonds is 7. The quantitative estimate of drug-likeness (QED) is 0.166. The molecule has 2 nitrogen and oxygen atoms in total. The van der Waals surface area contributed by atoms with Crippen LogP contribution in [0.1, 0.15) is 0 Å². The van der Waals surface area contributed by atoms with Gasteiger partial charge in [0.15, 0.2) is 0 Å². The molecule has 0 bridgehead atoms. The number of furan rings is 1. The van der Waals surface area contributed by atoms with Crippen molar-refractivity contribution < 1.29 is 4.42 Å². The van der Waals surface area contributed by atoms with Crippen molar-refractivity contribution in [3.8, 4) is 44.5 Å². The molecule has 1 aromatic heterocycles. The smallest absolute Gasteiger partial charge is 0.136 e. The third-order valence-electron chi connectivity index (χ3n) is 10.5. The average Bonchev–Trinajstić information content (AvgIpc) is 3.63. The third kappa shape index (κ3) is 5.71. The summed E-state index contributed by atoms with van der Waals surface area (Å²) in [4.78, 5) is 2.33. The van der Waals surface area contributed by atoms with Gasteiger partial charge in [-0.15, -0.1) is 0 Å². The summed E-state index contributed by atoms with van der Waals surface area (Å²) in [6.45, 7) is 0. The molecule has 10 rings (SSSR count). The lowest BCUT2D eigenvalue weighted by molar-refractivity contribution is 0.669. The number of hydrogen-bond acceptors (Lipinski definition) is 2. The zero-order valence-electron chi connectivity index (χ0n) is 29.6. The number of nitrogens with zero attached hydrogens (tertiary/aromatic N) is 1. The van der Waals surface area contributed by atoms with Crippen molar-refractivity contribution in [1.82, 2.24) is 0 Å². The van der Waals surface area contributed by atoms with Crippen LogP contribution < -0.4 is 4.90 Å². The fourth-order valence-corrected chi connectivity index (χ4v) is 7.79. The lowest BCUT2D eigenvalue weighted by Crippen LogP contribution is -2.09. The molecule has 10 aromatic rings. The van der Waals surface area contributed by atoms with Gasteiger partial charge in [0.1, 0.15) is 11.2 Å². The zero-order chi connectivity index (χ0) is 35.8. The first-order valence-electron chi connectivity index (χ1n) is 18.4. The highest BCUT2D eigenvalue weighted by Gasteiger charge is 2.17. The summed E-state index contributed by atoms with van der Waals surface area (Å²) in [6.07, 6.45) is 0. The Balaban J connectivity index is 1.04. The van der Waals surface area contributed by atoms with Crippen LogP contribution in [0.4, 0.5) is 17.1 Å². The van der Waals surface area contributed by atoms with Crippen molar-refractivity contribution in [3.63, 3.8) is 0 Å². The van der Waals surface area contributed by atoms with Gasteiger partial charge in [0.25, 0.3) is 0 Å². The highest BCUT2D eigenvalue weighted by Crippen LogP contribution is 2.42. The molecule has 9 aromatic carbocycles. The second-order valence-electron chi connectivity index (χ2n) is 13.7. The van der Waals surface area contributed by atoms with E-state index in [0.717, 1.165) is 50.1 Å². The molecule has 254 valence electrons. The summed E-state index contributed by atoms with van der Waals surface area (Å²) in [6, 6.07) is 75.7. The fourth-order valence-electron chi connectivity index (χ4n) is 7.79. The van der Waals surface area contributed by atoms with Crippen LogP contribution in [0.2, 0.25) is 0 Å². The van der Waals surface area contributed by atoms with Crippen molar-refractivity contribution in [2.45, 2.75) is 0 Å². The molecule has 1 heterocycles. The van der Waals surface area contributed by atoms with Crippen molar-refractivity contribution in [2.75, 3.05) is 4.90 Å². The van der Waals surface area contributed by atoms with Gasteiger partial charge in [-0.3, -0.25) is 0 Å². The van der Waals surface area contributed by atoms with Crippen molar-refractivity contribution >= 4 is 49.8 Å². The van der Waals surface area contributed by atoms with E-state index >= 15 is 0 Å². The summed E-state index contributed by atoms with van der Waals surface area (Å²) in [5.41, 5.74) is 14.6. The molecule has 0 fully saturated rings. The SMILES string of the molecule is c1ccc(-c2ccc(N(c3ccc(-c4ccccc4)cc3)c3ccc(-c4ccc5oc6cc(-c7ccccc7)c7ccccc7c6c5c4)cc3)cc2)cc1. The van der Waals surface area contributed by atoms with Crippen molar-refractivity contribution in [1.29, 1.82) is 0 Å². The standard InChI is InChI=1S/C52H35NO/c1-4-12-36(13-5-1)38-20-27-43(28-21-38)53(44-29-22-39(23-30-44)37-14-6-2-7-15-37)45-31-24-40(25-32-45)42-26-33-50-49(34-42)52-47-19-11-10-18-46(47)48(35-51(52)54-50)41-16-8-3-9-17-41/h1-35H. The normalized spacial score (nSPS) is 11.3. The Morgan fingerprint density at radius 3 is 1.20 bits per heavy atom. The fraction of sp³-hybridized carbons (Fsp3) is 0. The molecule has 0 atom stereocenters. The molecule has 0 amide bonds. The van der Waals surface area contributed by atoms with Gasteiger partial charge in [-0.1, -0.05) is 158 Å². The average molecular weight is 690 g/mol. The van der Waals surface area contributed by atoms with Crippen LogP contribution in [0.15, 0.2) is 217 Å². The van der Waals surface area contributed by atoms with E-state index in [1.807, 2.05) is 0 Å². The van der Waals surface area contributed by atoms with Crippen LogP contribution in [0.3, 0.4) is 0 Å². The largest absolute Gasteiger partial charge is 0.456 e. The Bertz CT molecular complexity index is 2790. The lowest BCUT2D eigenvalue weighted by atomic mass is 9.94. The summed E-state index contributed by atoms with van der Waals surface area (Å²) in [5.74, 6) is 0. The molecule has 0 aliphatic heterocycles. The molecule has 0 saturated heterocycles. The molecule has 0 aliphatic carbocycles. The first-order valence-corrected chi connectivity index (χ1v) is 18.4. The minimum Gasteiger partial charge on any atom is -0.456 e. The van der Waals surface area contributed by atoms with E-state index in [-0.39, 0.29) is 0 Å². The molecule has 0 saturated carbocycles. The van der Waals surface area contributed by atoms with E-state index in [9.17, 15) is 0 Å². The monoisotopic (exact) mass is 689 g/mol. The predicted octanol–water partition coefficient (Wildman–Crippen LogP) is 14.9. The van der Waals surface area contributed by atoms with E-state index in [2.05, 4.69) is 217 Å². The Hall–Kier alpha value is -7.16. The van der Waals surface area contributed by atoms with E-state index in [0.29, 0.717) is 0 Å². The van der Waals surface area contributed by atoms with Crippen LogP contribution in [0, 0.1) is 0 Å². The lowest BCUT2D eigenvalue weighted by Gasteiger charge is -2.26. The first-order chi connectivity index (χ1) is 26.8. The maximum Gasteiger partial charge on any atom is 0.136 e.